The first-order valence-electron chi connectivity index (χ1n) is 27.9. The highest BCUT2D eigenvalue weighted by atomic mass is 79.9. The topological polar surface area (TPSA) is 120 Å². The molecule has 1 unspecified atom stereocenters. The normalized spacial score (nSPS) is 17.0. The van der Waals surface area contributed by atoms with E-state index in [1.54, 1.807) is 0 Å². The van der Waals surface area contributed by atoms with E-state index in [0.29, 0.717) is 11.8 Å². The minimum Gasteiger partial charge on any atom is -0.444 e. The van der Waals surface area contributed by atoms with E-state index in [2.05, 4.69) is 144 Å². The van der Waals surface area contributed by atoms with Crippen molar-refractivity contribution in [3.63, 3.8) is 0 Å². The van der Waals surface area contributed by atoms with E-state index in [9.17, 15) is 9.59 Å². The third-order valence-corrected chi connectivity index (χ3v) is 15.4. The first kappa shape index (κ1) is 62.5. The lowest BCUT2D eigenvalue weighted by Crippen LogP contribution is -2.42. The molecule has 8 heterocycles. The van der Waals surface area contributed by atoms with Gasteiger partial charge in [-0.3, -0.25) is 4.98 Å². The van der Waals surface area contributed by atoms with E-state index in [1.807, 2.05) is 88.1 Å². The van der Waals surface area contributed by atoms with Gasteiger partial charge in [0.05, 0.1) is 5.69 Å². The summed E-state index contributed by atoms with van der Waals surface area (Å²) in [6, 6.07) is 17.1. The van der Waals surface area contributed by atoms with Crippen LogP contribution in [-0.4, -0.2) is 102 Å². The maximum absolute atomic E-state index is 12.3. The SMILES string of the molecule is CC(C)(C)C1=Cc2cccnc2C1.CC(C)(C)OC(=O)N1CCC(CBr)CC1.CC(C)(C)OC(=O)N1CCC(Cn2c(C(C)(C)C)cc3cccnc32)CC1.CC(C)(C)c1cc2cccnc2n1CC1CCNCC1.P. The number of fused-ring (bicyclic) bond motifs is 3. The molecule has 12 nitrogen and oxygen atoms in total. The fourth-order valence-electron chi connectivity index (χ4n) is 10.2. The van der Waals surface area contributed by atoms with Crippen molar-refractivity contribution in [3.05, 3.63) is 95.3 Å². The Hall–Kier alpha value is -4.32. The summed E-state index contributed by atoms with van der Waals surface area (Å²) in [7, 11) is 0. The molecule has 0 spiro atoms. The highest BCUT2D eigenvalue weighted by Gasteiger charge is 2.31. The molecule has 76 heavy (non-hydrogen) atoms. The van der Waals surface area contributed by atoms with E-state index in [1.165, 1.54) is 51.8 Å². The number of nitrogens with zero attached hydrogens (tertiary/aromatic N) is 7. The minimum absolute atomic E-state index is 0. The average Bonchev–Trinajstić information content (AvgIpc) is 4.06. The predicted molar refractivity (Wildman–Crippen MR) is 324 cm³/mol. The van der Waals surface area contributed by atoms with Gasteiger partial charge in [-0.15, -0.1) is 0 Å². The number of carbonyl (C=O) groups is 2. The third-order valence-electron chi connectivity index (χ3n) is 14.5. The molecule has 1 atom stereocenters. The van der Waals surface area contributed by atoms with Crippen molar-refractivity contribution in [2.75, 3.05) is 44.6 Å². The van der Waals surface area contributed by atoms with Gasteiger partial charge in [0, 0.05) is 103 Å². The summed E-state index contributed by atoms with van der Waals surface area (Å²) in [5.41, 5.74) is 8.64. The largest absolute Gasteiger partial charge is 0.444 e. The zero-order valence-corrected chi connectivity index (χ0v) is 52.3. The molecular formula is C62H96BrN8O4P. The molecule has 3 saturated heterocycles. The Balaban J connectivity index is 0.000000194. The summed E-state index contributed by atoms with van der Waals surface area (Å²) in [5.74, 6) is 2.03. The lowest BCUT2D eigenvalue weighted by atomic mass is 9.86. The molecule has 420 valence electrons. The number of likely N-dealkylation sites (tertiary alicyclic amines) is 2. The third kappa shape index (κ3) is 18.1. The summed E-state index contributed by atoms with van der Waals surface area (Å²) >= 11 is 3.48. The van der Waals surface area contributed by atoms with Crippen LogP contribution >= 0.6 is 25.8 Å². The van der Waals surface area contributed by atoms with Crippen LogP contribution in [0, 0.1) is 23.2 Å². The van der Waals surface area contributed by atoms with Gasteiger partial charge in [0.2, 0.25) is 0 Å². The van der Waals surface area contributed by atoms with Gasteiger partial charge in [-0.2, -0.15) is 9.90 Å². The van der Waals surface area contributed by atoms with Gasteiger partial charge in [0.25, 0.3) is 0 Å². The zero-order chi connectivity index (χ0) is 54.9. The van der Waals surface area contributed by atoms with E-state index in [4.69, 9.17) is 9.47 Å². The number of rotatable bonds is 5. The molecule has 1 aliphatic carbocycles. The second-order valence-electron chi connectivity index (χ2n) is 26.4. The van der Waals surface area contributed by atoms with Crippen LogP contribution in [0.3, 0.4) is 0 Å². The van der Waals surface area contributed by atoms with Gasteiger partial charge in [-0.25, -0.2) is 19.6 Å². The quantitative estimate of drug-likeness (QED) is 0.137. The van der Waals surface area contributed by atoms with Gasteiger partial charge in [-0.1, -0.05) is 96.0 Å². The Morgan fingerprint density at radius 2 is 0.987 bits per heavy atom. The molecule has 3 aliphatic heterocycles. The van der Waals surface area contributed by atoms with Crippen LogP contribution in [0.4, 0.5) is 9.59 Å². The fraction of sp³-hybridized carbons (Fsp3) is 0.629. The van der Waals surface area contributed by atoms with Gasteiger partial charge in [0.15, 0.2) is 0 Å². The number of aromatic nitrogens is 5. The van der Waals surface area contributed by atoms with E-state index < -0.39 is 5.60 Å². The Morgan fingerprint density at radius 1 is 0.579 bits per heavy atom. The predicted octanol–water partition coefficient (Wildman–Crippen LogP) is 14.5. The Kier molecular flexibility index (Phi) is 21.8. The number of piperidine rings is 3. The van der Waals surface area contributed by atoms with Crippen molar-refractivity contribution in [2.45, 2.75) is 184 Å². The number of alkyl halides is 1. The molecule has 0 saturated carbocycles. The lowest BCUT2D eigenvalue weighted by molar-refractivity contribution is 0.0172. The van der Waals surface area contributed by atoms with Crippen LogP contribution in [-0.2, 0) is 39.8 Å². The molecule has 3 fully saturated rings. The molecule has 4 aliphatic rings. The smallest absolute Gasteiger partial charge is 0.410 e. The number of hydrogen-bond acceptors (Lipinski definition) is 8. The molecule has 9 rings (SSSR count). The molecular weight excluding hydrogens is 1030 g/mol. The van der Waals surface area contributed by atoms with Crippen molar-refractivity contribution in [1.82, 2.24) is 39.2 Å². The Bertz CT molecular complexity index is 2670. The standard InChI is InChI=1S/C22H33N3O2.C17H25N3.C12H15N.C11H20BrNO2.H3P/c1-21(2,3)18-14-17-8-7-11-23-19(17)25(18)15-16-9-12-24(13-10-16)20(26)27-22(4,5)6;1-17(2,3)15-11-14-5-4-8-19-16(14)20(15)12-13-6-9-18-10-7-13;1-12(2,3)10-7-9-5-4-6-13-11(9)8-10;1-11(2,3)15-10(14)13-6-4-9(8-12)5-7-13;/h7-8,11,14,16H,9-10,12-13,15H2,1-6H3;4-5,8,11,13,18H,6-7,9-10,12H2,1-3H3;4-7H,8H2,1-3H3;9H,4-8H2,1-3H3;1H3. The number of amides is 2. The first-order valence-corrected chi connectivity index (χ1v) is 29.0. The van der Waals surface area contributed by atoms with Crippen molar-refractivity contribution in [3.8, 4) is 0 Å². The summed E-state index contributed by atoms with van der Waals surface area (Å²) < 4.78 is 15.7. The average molecular weight is 1130 g/mol. The van der Waals surface area contributed by atoms with Crippen LogP contribution in [0.1, 0.15) is 165 Å². The highest BCUT2D eigenvalue weighted by Crippen LogP contribution is 2.36. The van der Waals surface area contributed by atoms with Crippen molar-refractivity contribution < 1.29 is 19.1 Å². The van der Waals surface area contributed by atoms with E-state index in [0.717, 1.165) is 107 Å². The molecule has 0 aromatic carbocycles. The van der Waals surface area contributed by atoms with Crippen molar-refractivity contribution in [2.24, 2.45) is 23.2 Å². The van der Waals surface area contributed by atoms with Crippen molar-refractivity contribution >= 4 is 66.2 Å². The Morgan fingerprint density at radius 3 is 1.38 bits per heavy atom. The molecule has 2 amide bonds. The molecule has 0 bridgehead atoms. The lowest BCUT2D eigenvalue weighted by Gasteiger charge is -2.34. The van der Waals surface area contributed by atoms with E-state index in [-0.39, 0.29) is 43.9 Å². The number of allylic oxidation sites excluding steroid dienone is 1. The molecule has 5 aromatic heterocycles. The van der Waals surface area contributed by atoms with Gasteiger partial charge < -0.3 is 33.7 Å². The maximum Gasteiger partial charge on any atom is 0.410 e. The highest BCUT2D eigenvalue weighted by molar-refractivity contribution is 9.09. The number of hydrogen-bond donors (Lipinski definition) is 1. The fourth-order valence-corrected chi connectivity index (χ4v) is 10.9. The second-order valence-corrected chi connectivity index (χ2v) is 27.1. The van der Waals surface area contributed by atoms with Crippen LogP contribution in [0.15, 0.2) is 72.7 Å². The molecule has 5 aromatic rings. The minimum atomic E-state index is -0.439. The number of nitrogens with one attached hydrogen (secondary N) is 1. The van der Waals surface area contributed by atoms with Gasteiger partial charge >= 0.3 is 12.2 Å². The van der Waals surface area contributed by atoms with Crippen LogP contribution in [0.5, 0.6) is 0 Å². The summed E-state index contributed by atoms with van der Waals surface area (Å²) in [6.45, 7) is 39.4. The Labute approximate surface area is 469 Å². The molecule has 14 heteroatoms. The number of ether oxygens (including phenoxy) is 2. The molecule has 1 N–H and O–H groups in total. The van der Waals surface area contributed by atoms with Crippen LogP contribution in [0.2, 0.25) is 0 Å². The molecule has 0 radical (unpaired) electrons. The summed E-state index contributed by atoms with van der Waals surface area (Å²) in [6.07, 6.45) is 15.3. The zero-order valence-electron chi connectivity index (χ0n) is 49.3. The number of carbonyl (C=O) groups excluding carboxylic acids is 2. The monoisotopic (exact) mass is 1130 g/mol. The van der Waals surface area contributed by atoms with Crippen LogP contribution in [0.25, 0.3) is 28.1 Å². The summed E-state index contributed by atoms with van der Waals surface area (Å²) in [5, 5.41) is 6.96. The summed E-state index contributed by atoms with van der Waals surface area (Å²) in [4.78, 5) is 41.3. The van der Waals surface area contributed by atoms with Gasteiger partial charge in [-0.05, 0) is 164 Å². The maximum atomic E-state index is 12.3. The van der Waals surface area contributed by atoms with E-state index >= 15 is 0 Å². The van der Waals surface area contributed by atoms with Gasteiger partial charge in [0.1, 0.15) is 22.5 Å². The number of halogens is 1. The van der Waals surface area contributed by atoms with Crippen LogP contribution < -0.4 is 5.32 Å². The first-order chi connectivity index (χ1) is 35.1. The number of pyridine rings is 3. The van der Waals surface area contributed by atoms with Crippen molar-refractivity contribution in [1.29, 1.82) is 0 Å². The second kappa shape index (κ2) is 26.6.